The SMILES string of the molecule is C=C(COCCOc1ccccc1)[B-](F)(F)F. The first-order valence-electron chi connectivity index (χ1n) is 5.13. The van der Waals surface area contributed by atoms with Crippen LogP contribution < -0.4 is 4.74 Å². The summed E-state index contributed by atoms with van der Waals surface area (Å²) in [6.45, 7) is -2.27. The first-order chi connectivity index (χ1) is 8.00. The monoisotopic (exact) mass is 245 g/mol. The van der Waals surface area contributed by atoms with Crippen molar-refractivity contribution < 1.29 is 22.4 Å². The van der Waals surface area contributed by atoms with Gasteiger partial charge in [0.15, 0.2) is 0 Å². The lowest BCUT2D eigenvalue weighted by Crippen LogP contribution is -2.23. The van der Waals surface area contributed by atoms with Gasteiger partial charge in [-0.1, -0.05) is 18.2 Å². The van der Waals surface area contributed by atoms with Gasteiger partial charge in [0.2, 0.25) is 0 Å². The van der Waals surface area contributed by atoms with Crippen molar-refractivity contribution in [1.29, 1.82) is 0 Å². The Hall–Kier alpha value is -1.43. The molecule has 1 rings (SSSR count). The molecule has 94 valence electrons. The molecule has 1 aromatic carbocycles. The molecule has 17 heavy (non-hydrogen) atoms. The van der Waals surface area contributed by atoms with Gasteiger partial charge in [0, 0.05) is 6.61 Å². The summed E-state index contributed by atoms with van der Waals surface area (Å²) in [5.74, 6) is 0.662. The minimum absolute atomic E-state index is 0.0973. The van der Waals surface area contributed by atoms with E-state index in [1.54, 1.807) is 12.1 Å². The Kier molecular flexibility index (Phi) is 5.09. The molecule has 0 fully saturated rings. The van der Waals surface area contributed by atoms with Crippen molar-refractivity contribution in [1.82, 2.24) is 0 Å². The second kappa shape index (κ2) is 6.34. The van der Waals surface area contributed by atoms with Gasteiger partial charge in [-0.05, 0) is 12.1 Å². The normalized spacial score (nSPS) is 11.2. The van der Waals surface area contributed by atoms with Crippen LogP contribution in [0.25, 0.3) is 0 Å². The molecule has 2 nitrogen and oxygen atoms in total. The quantitative estimate of drug-likeness (QED) is 0.543. The summed E-state index contributed by atoms with van der Waals surface area (Å²) in [4.78, 5) is 0. The number of rotatable bonds is 7. The smallest absolute Gasteiger partial charge is 0.491 e. The highest BCUT2D eigenvalue weighted by Gasteiger charge is 2.26. The van der Waals surface area contributed by atoms with E-state index in [1.165, 1.54) is 0 Å². The second-order valence-corrected chi connectivity index (χ2v) is 3.45. The average molecular weight is 245 g/mol. The molecule has 0 unspecified atom stereocenters. The maximum atomic E-state index is 12.1. The first-order valence-corrected chi connectivity index (χ1v) is 5.13. The van der Waals surface area contributed by atoms with Gasteiger partial charge in [-0.25, -0.2) is 0 Å². The fourth-order valence-electron chi connectivity index (χ4n) is 1.03. The summed E-state index contributed by atoms with van der Waals surface area (Å²) in [6, 6.07) is 8.99. The minimum Gasteiger partial charge on any atom is -0.491 e. The average Bonchev–Trinajstić information content (AvgIpc) is 2.28. The van der Waals surface area contributed by atoms with Crippen LogP contribution in [0.2, 0.25) is 0 Å². The summed E-state index contributed by atoms with van der Waals surface area (Å²) >= 11 is 0. The molecule has 0 aliphatic carbocycles. The van der Waals surface area contributed by atoms with Crippen LogP contribution in [0.5, 0.6) is 5.75 Å². The van der Waals surface area contributed by atoms with Crippen molar-refractivity contribution >= 4 is 6.98 Å². The van der Waals surface area contributed by atoms with E-state index in [0.29, 0.717) is 5.75 Å². The van der Waals surface area contributed by atoms with Crippen molar-refractivity contribution in [2.45, 2.75) is 0 Å². The Morgan fingerprint density at radius 2 is 1.76 bits per heavy atom. The van der Waals surface area contributed by atoms with Crippen molar-refractivity contribution in [3.05, 3.63) is 42.4 Å². The predicted octanol–water partition coefficient (Wildman–Crippen LogP) is 3.02. The van der Waals surface area contributed by atoms with E-state index in [4.69, 9.17) is 9.47 Å². The molecule has 0 amide bonds. The van der Waals surface area contributed by atoms with E-state index in [-0.39, 0.29) is 13.2 Å². The molecule has 1 aromatic rings. The van der Waals surface area contributed by atoms with E-state index in [1.807, 2.05) is 18.2 Å². The van der Waals surface area contributed by atoms with Gasteiger partial charge in [-0.2, -0.15) is 0 Å². The molecule has 0 aliphatic rings. The highest BCUT2D eigenvalue weighted by Crippen LogP contribution is 2.17. The van der Waals surface area contributed by atoms with Crippen molar-refractivity contribution in [3.8, 4) is 5.75 Å². The van der Waals surface area contributed by atoms with E-state index >= 15 is 0 Å². The minimum atomic E-state index is -5.00. The molecule has 0 bridgehead atoms. The second-order valence-electron chi connectivity index (χ2n) is 3.45. The Morgan fingerprint density at radius 3 is 2.35 bits per heavy atom. The molecule has 0 radical (unpaired) electrons. The van der Waals surface area contributed by atoms with Crippen LogP contribution in [-0.2, 0) is 4.74 Å². The summed E-state index contributed by atoms with van der Waals surface area (Å²) < 4.78 is 46.3. The zero-order valence-corrected chi connectivity index (χ0v) is 9.24. The van der Waals surface area contributed by atoms with E-state index in [9.17, 15) is 12.9 Å². The van der Waals surface area contributed by atoms with Crippen LogP contribution in [0, 0.1) is 0 Å². The van der Waals surface area contributed by atoms with Gasteiger partial charge < -0.3 is 22.4 Å². The van der Waals surface area contributed by atoms with E-state index < -0.39 is 19.1 Å². The van der Waals surface area contributed by atoms with Crippen LogP contribution in [0.3, 0.4) is 0 Å². The largest absolute Gasteiger partial charge is 0.507 e. The third-order valence-corrected chi connectivity index (χ3v) is 1.99. The summed E-state index contributed by atoms with van der Waals surface area (Å²) in [6.07, 6.45) is 0. The predicted molar refractivity (Wildman–Crippen MR) is 61.0 cm³/mol. The van der Waals surface area contributed by atoms with Gasteiger partial charge in [-0.15, -0.1) is 12.1 Å². The first kappa shape index (κ1) is 13.6. The molecule has 0 atom stereocenters. The third-order valence-electron chi connectivity index (χ3n) is 1.99. The summed E-state index contributed by atoms with van der Waals surface area (Å²) in [5.41, 5.74) is -0.829. The third kappa shape index (κ3) is 5.44. The number of hydrogen-bond donors (Lipinski definition) is 0. The Labute approximate surface area is 98.1 Å². The lowest BCUT2D eigenvalue weighted by atomic mass is 9.81. The molecule has 0 saturated heterocycles. The fourth-order valence-corrected chi connectivity index (χ4v) is 1.03. The molecule has 0 N–H and O–H groups in total. The van der Waals surface area contributed by atoms with Crippen molar-refractivity contribution in [2.75, 3.05) is 19.8 Å². The van der Waals surface area contributed by atoms with Crippen LogP contribution in [0.4, 0.5) is 12.9 Å². The Bertz CT molecular complexity index is 351. The van der Waals surface area contributed by atoms with Crippen LogP contribution in [-0.4, -0.2) is 26.8 Å². The molecule has 0 aliphatic heterocycles. The molecule has 0 aromatic heterocycles. The summed E-state index contributed by atoms with van der Waals surface area (Å²) in [7, 11) is 0. The number of halogens is 3. The highest BCUT2D eigenvalue weighted by atomic mass is 19.4. The molecule has 0 spiro atoms. The van der Waals surface area contributed by atoms with Crippen molar-refractivity contribution in [3.63, 3.8) is 0 Å². The maximum absolute atomic E-state index is 12.1. The lowest BCUT2D eigenvalue weighted by molar-refractivity contribution is 0.117. The molecular formula is C11H13BF3O2-. The van der Waals surface area contributed by atoms with E-state index in [2.05, 4.69) is 6.58 Å². The van der Waals surface area contributed by atoms with Gasteiger partial charge in [0.1, 0.15) is 12.4 Å². The molecule has 0 heterocycles. The molecular weight excluding hydrogens is 232 g/mol. The zero-order chi connectivity index (χ0) is 12.7. The molecule has 6 heteroatoms. The Morgan fingerprint density at radius 1 is 1.12 bits per heavy atom. The van der Waals surface area contributed by atoms with Crippen LogP contribution >= 0.6 is 0 Å². The zero-order valence-electron chi connectivity index (χ0n) is 9.24. The van der Waals surface area contributed by atoms with Gasteiger partial charge in [0.25, 0.3) is 0 Å². The Balaban J connectivity index is 2.12. The van der Waals surface area contributed by atoms with Gasteiger partial charge in [0.05, 0.1) is 6.61 Å². The van der Waals surface area contributed by atoms with E-state index in [0.717, 1.165) is 0 Å². The van der Waals surface area contributed by atoms with Crippen LogP contribution in [0.15, 0.2) is 42.4 Å². The standard InChI is InChI=1S/C11H13BF3O2/c1-10(12(13,14)15)9-16-7-8-17-11-5-3-2-4-6-11/h2-6H,1,7-9H2/q-1. The maximum Gasteiger partial charge on any atom is 0.507 e. The topological polar surface area (TPSA) is 18.5 Å². The molecule has 0 saturated carbocycles. The lowest BCUT2D eigenvalue weighted by Gasteiger charge is -2.17. The van der Waals surface area contributed by atoms with Gasteiger partial charge >= 0.3 is 6.98 Å². The number of ether oxygens (including phenoxy) is 2. The summed E-state index contributed by atoms with van der Waals surface area (Å²) in [5, 5.41) is 0. The number of benzene rings is 1. The number of hydrogen-bond acceptors (Lipinski definition) is 2. The fraction of sp³-hybridized carbons (Fsp3) is 0.273. The highest BCUT2D eigenvalue weighted by molar-refractivity contribution is 6.66. The number of para-hydroxylation sites is 1. The van der Waals surface area contributed by atoms with Gasteiger partial charge in [-0.3, -0.25) is 0 Å². The van der Waals surface area contributed by atoms with Crippen LogP contribution in [0.1, 0.15) is 0 Å². The van der Waals surface area contributed by atoms with Crippen molar-refractivity contribution in [2.24, 2.45) is 0 Å².